The third kappa shape index (κ3) is 7.06. The molecule has 0 amide bonds. The van der Waals surface area contributed by atoms with Crippen LogP contribution in [0.15, 0.2) is 34.9 Å². The molecular weight excluding hydrogens is 271 g/mol. The average molecular weight is 292 g/mol. The summed E-state index contributed by atoms with van der Waals surface area (Å²) in [5.41, 5.74) is 4.06. The zero-order valence-electron chi connectivity index (χ0n) is 10.7. The van der Waals surface area contributed by atoms with Gasteiger partial charge in [0.25, 0.3) is 0 Å². The van der Waals surface area contributed by atoms with E-state index < -0.39 is 0 Å². The van der Waals surface area contributed by atoms with E-state index in [4.69, 9.17) is 0 Å². The van der Waals surface area contributed by atoms with Crippen molar-refractivity contribution in [3.05, 3.63) is 47.1 Å². The Morgan fingerprint density at radius 3 is 2.06 bits per heavy atom. The summed E-state index contributed by atoms with van der Waals surface area (Å²) in [6.07, 6.45) is 13.8. The van der Waals surface area contributed by atoms with E-state index in [1.165, 1.54) is 41.0 Å². The predicted molar refractivity (Wildman–Crippen MR) is 68.7 cm³/mol. The second-order valence-corrected chi connectivity index (χ2v) is 4.04. The number of rotatable bonds is 0. The molecule has 1 atom stereocenters. The standard InChI is InChI=1S/2C7H9.CH2.Zr/c2*1-6-3-4-7(2)5-6;;/h5H,3H2,1-2H3;3,5,7H,1-2H3;1H2;/q2*-1;;+2. The van der Waals surface area contributed by atoms with Crippen molar-refractivity contribution in [2.45, 2.75) is 34.1 Å². The summed E-state index contributed by atoms with van der Waals surface area (Å²) in [5.74, 6) is 0.556. The predicted octanol–water partition coefficient (Wildman–Crippen LogP) is 3.99. The molecule has 0 spiro atoms. The third-order valence-corrected chi connectivity index (χ3v) is 2.20. The van der Waals surface area contributed by atoms with Gasteiger partial charge in [-0.2, -0.15) is 11.6 Å². The summed E-state index contributed by atoms with van der Waals surface area (Å²) in [5, 5.41) is 0. The van der Waals surface area contributed by atoms with Crippen molar-refractivity contribution in [2.75, 3.05) is 0 Å². The van der Waals surface area contributed by atoms with Gasteiger partial charge in [-0.05, 0) is 0 Å². The van der Waals surface area contributed by atoms with Crippen LogP contribution in [0.1, 0.15) is 34.1 Å². The van der Waals surface area contributed by atoms with Gasteiger partial charge in [-0.1, -0.05) is 26.7 Å². The van der Waals surface area contributed by atoms with Crippen LogP contribution in [0.25, 0.3) is 0 Å². The van der Waals surface area contributed by atoms with Gasteiger partial charge in [-0.15, -0.1) is 13.3 Å². The fourth-order valence-electron chi connectivity index (χ4n) is 1.50. The van der Waals surface area contributed by atoms with Crippen LogP contribution in [0.4, 0.5) is 0 Å². The summed E-state index contributed by atoms with van der Waals surface area (Å²) < 4.78 is 3.34. The Morgan fingerprint density at radius 2 is 1.94 bits per heavy atom. The molecule has 0 nitrogen and oxygen atoms in total. The van der Waals surface area contributed by atoms with Gasteiger partial charge in [0.2, 0.25) is 0 Å². The topological polar surface area (TPSA) is 0 Å². The molecule has 2 aliphatic carbocycles. The van der Waals surface area contributed by atoms with Crippen LogP contribution in [0.5, 0.6) is 0 Å². The Morgan fingerprint density at radius 1 is 1.31 bits per heavy atom. The molecule has 16 heavy (non-hydrogen) atoms. The number of hydrogen-bond donors (Lipinski definition) is 0. The van der Waals surface area contributed by atoms with E-state index in [1.807, 2.05) is 6.08 Å². The molecular formula is C15H20Zr. The van der Waals surface area contributed by atoms with Crippen molar-refractivity contribution in [3.8, 4) is 0 Å². The van der Waals surface area contributed by atoms with E-state index in [0.29, 0.717) is 5.92 Å². The Hall–Kier alpha value is -0.287. The summed E-state index contributed by atoms with van der Waals surface area (Å²) in [7, 11) is 0. The maximum absolute atomic E-state index is 3.34. The Balaban J connectivity index is 0.000000244. The van der Waals surface area contributed by atoms with E-state index in [2.05, 4.69) is 56.2 Å². The van der Waals surface area contributed by atoms with E-state index in [-0.39, 0.29) is 0 Å². The van der Waals surface area contributed by atoms with Gasteiger partial charge in [-0.25, -0.2) is 23.3 Å². The quantitative estimate of drug-likeness (QED) is 0.592. The van der Waals surface area contributed by atoms with E-state index in [1.54, 1.807) is 0 Å². The molecule has 0 radical (unpaired) electrons. The van der Waals surface area contributed by atoms with Crippen LogP contribution in [0.3, 0.4) is 0 Å². The van der Waals surface area contributed by atoms with Gasteiger partial charge in [0.05, 0.1) is 0 Å². The van der Waals surface area contributed by atoms with Gasteiger partial charge in [-0.3, -0.25) is 12.2 Å². The average Bonchev–Trinajstić information content (AvgIpc) is 2.80. The van der Waals surface area contributed by atoms with Crippen molar-refractivity contribution in [2.24, 2.45) is 5.92 Å². The van der Waals surface area contributed by atoms with Crippen LogP contribution >= 0.6 is 0 Å². The third-order valence-electron chi connectivity index (χ3n) is 2.20. The molecule has 1 heteroatoms. The molecule has 0 aromatic rings. The van der Waals surface area contributed by atoms with Gasteiger partial charge >= 0.3 is 28.4 Å². The zero-order valence-corrected chi connectivity index (χ0v) is 13.2. The van der Waals surface area contributed by atoms with Gasteiger partial charge in [0, 0.05) is 0 Å². The Bertz CT molecular complexity index is 329. The molecule has 0 N–H and O–H groups in total. The molecule has 0 heterocycles. The summed E-state index contributed by atoms with van der Waals surface area (Å²) >= 11 is 1.30. The van der Waals surface area contributed by atoms with E-state index >= 15 is 0 Å². The summed E-state index contributed by atoms with van der Waals surface area (Å²) in [6.45, 7) is 8.43. The minimum absolute atomic E-state index is 0.556. The number of hydrogen-bond acceptors (Lipinski definition) is 0. The molecule has 84 valence electrons. The van der Waals surface area contributed by atoms with E-state index in [0.717, 1.165) is 6.42 Å². The molecule has 0 saturated carbocycles. The molecule has 0 fully saturated rings. The summed E-state index contributed by atoms with van der Waals surface area (Å²) in [4.78, 5) is 0. The molecule has 1 unspecified atom stereocenters. The molecule has 0 aromatic heterocycles. The van der Waals surface area contributed by atoms with Crippen LogP contribution < -0.4 is 0 Å². The maximum atomic E-state index is 3.34. The first-order valence-electron chi connectivity index (χ1n) is 5.45. The van der Waals surface area contributed by atoms with Gasteiger partial charge in [0.15, 0.2) is 0 Å². The van der Waals surface area contributed by atoms with Crippen molar-refractivity contribution in [1.82, 2.24) is 0 Å². The van der Waals surface area contributed by atoms with Crippen LogP contribution in [-0.4, -0.2) is 4.21 Å². The van der Waals surface area contributed by atoms with Crippen molar-refractivity contribution < 1.29 is 24.2 Å². The summed E-state index contributed by atoms with van der Waals surface area (Å²) in [6, 6.07) is 0. The van der Waals surface area contributed by atoms with Crippen molar-refractivity contribution in [3.63, 3.8) is 0 Å². The molecule has 0 aliphatic heterocycles. The van der Waals surface area contributed by atoms with Crippen molar-refractivity contribution >= 4 is 4.21 Å². The van der Waals surface area contributed by atoms with Crippen LogP contribution in [0, 0.1) is 18.1 Å². The fourth-order valence-corrected chi connectivity index (χ4v) is 1.50. The molecule has 2 rings (SSSR count). The second-order valence-electron chi connectivity index (χ2n) is 4.04. The molecule has 0 saturated heterocycles. The minimum atomic E-state index is 0.556. The first-order chi connectivity index (χ1) is 7.58. The van der Waals surface area contributed by atoms with Gasteiger partial charge < -0.3 is 0 Å². The molecule has 2 aliphatic rings. The molecule has 0 aromatic carbocycles. The Labute approximate surface area is 115 Å². The SMILES string of the molecule is CC1=CC(C)[C-]=C1.CC1=[C-]CC(C)=C1.[CH2]=[Zr+2]. The first kappa shape index (κ1) is 15.7. The fraction of sp³-hybridized carbons (Fsp3) is 0.400. The van der Waals surface area contributed by atoms with Crippen molar-refractivity contribution in [1.29, 1.82) is 0 Å². The Kier molecular flexibility index (Phi) is 8.66. The van der Waals surface area contributed by atoms with Crippen LogP contribution in [0.2, 0.25) is 0 Å². The van der Waals surface area contributed by atoms with Gasteiger partial charge in [0.1, 0.15) is 0 Å². The second kappa shape index (κ2) is 8.82. The van der Waals surface area contributed by atoms with Crippen LogP contribution in [-0.2, 0) is 24.2 Å². The number of allylic oxidation sites excluding steroid dienone is 8. The first-order valence-corrected chi connectivity index (χ1v) is 7.19. The monoisotopic (exact) mass is 290 g/mol. The van der Waals surface area contributed by atoms with E-state index in [9.17, 15) is 0 Å². The molecule has 0 bridgehead atoms. The normalized spacial score (nSPS) is 21.1. The zero-order chi connectivity index (χ0) is 12.6.